The van der Waals surface area contributed by atoms with E-state index in [1.54, 1.807) is 4.90 Å². The number of rotatable bonds is 6. The van der Waals surface area contributed by atoms with Gasteiger partial charge < -0.3 is 20.4 Å². The van der Waals surface area contributed by atoms with Crippen LogP contribution in [0.25, 0.3) is 0 Å². The Kier molecular flexibility index (Phi) is 7.93. The van der Waals surface area contributed by atoms with Crippen molar-refractivity contribution in [1.82, 2.24) is 20.4 Å². The minimum Gasteiger partial charge on any atom is -0.357 e. The lowest BCUT2D eigenvalue weighted by atomic mass is 9.78. The number of hydrogen-bond acceptors (Lipinski definition) is 3. The molecule has 170 valence electrons. The van der Waals surface area contributed by atoms with Gasteiger partial charge in [-0.2, -0.15) is 0 Å². The van der Waals surface area contributed by atoms with Crippen LogP contribution in [0.1, 0.15) is 62.4 Å². The fourth-order valence-electron chi connectivity index (χ4n) is 4.64. The smallest absolute Gasteiger partial charge is 0.254 e. The van der Waals surface area contributed by atoms with Crippen LogP contribution in [0.5, 0.6) is 0 Å². The summed E-state index contributed by atoms with van der Waals surface area (Å²) >= 11 is 0. The zero-order chi connectivity index (χ0) is 22.3. The molecule has 0 aliphatic carbocycles. The van der Waals surface area contributed by atoms with E-state index in [0.717, 1.165) is 31.2 Å². The highest BCUT2D eigenvalue weighted by molar-refractivity contribution is 5.97. The summed E-state index contributed by atoms with van der Waals surface area (Å²) in [7, 11) is 0. The number of likely N-dealkylation sites (tertiary alicyclic amines) is 1. The summed E-state index contributed by atoms with van der Waals surface area (Å²) < 4.78 is 0. The van der Waals surface area contributed by atoms with Crippen LogP contribution in [0, 0.1) is 5.41 Å². The van der Waals surface area contributed by atoms with Gasteiger partial charge in [-0.25, -0.2) is 4.99 Å². The molecule has 0 bridgehead atoms. The van der Waals surface area contributed by atoms with E-state index in [-0.39, 0.29) is 18.4 Å². The number of amides is 2. The highest BCUT2D eigenvalue weighted by atomic mass is 16.2. The van der Waals surface area contributed by atoms with E-state index in [1.165, 1.54) is 25.7 Å². The van der Waals surface area contributed by atoms with Gasteiger partial charge in [-0.1, -0.05) is 32.4 Å². The first-order valence-electron chi connectivity index (χ1n) is 11.6. The van der Waals surface area contributed by atoms with E-state index in [0.29, 0.717) is 30.6 Å². The van der Waals surface area contributed by atoms with Crippen molar-refractivity contribution >= 4 is 17.8 Å². The molecule has 1 aromatic carbocycles. The van der Waals surface area contributed by atoms with Crippen LogP contribution < -0.4 is 10.6 Å². The number of hydrogen-bond donors (Lipinski definition) is 2. The monoisotopic (exact) mass is 427 g/mol. The van der Waals surface area contributed by atoms with Gasteiger partial charge in [-0.3, -0.25) is 9.59 Å². The van der Waals surface area contributed by atoms with Crippen molar-refractivity contribution in [1.29, 1.82) is 0 Å². The molecule has 2 aliphatic rings. The number of nitrogens with one attached hydrogen (secondary N) is 2. The Labute approximate surface area is 186 Å². The summed E-state index contributed by atoms with van der Waals surface area (Å²) in [6.45, 7) is 11.5. The maximum absolute atomic E-state index is 12.6. The largest absolute Gasteiger partial charge is 0.357 e. The van der Waals surface area contributed by atoms with Gasteiger partial charge in [0.15, 0.2) is 5.96 Å². The van der Waals surface area contributed by atoms with Crippen LogP contribution in [0.2, 0.25) is 0 Å². The molecule has 0 radical (unpaired) electrons. The zero-order valence-corrected chi connectivity index (χ0v) is 19.2. The zero-order valence-electron chi connectivity index (χ0n) is 19.2. The van der Waals surface area contributed by atoms with Gasteiger partial charge in [0.2, 0.25) is 5.91 Å². The van der Waals surface area contributed by atoms with Crippen LogP contribution in [0.4, 0.5) is 0 Å². The first kappa shape index (κ1) is 23.1. The molecule has 2 saturated heterocycles. The fraction of sp³-hybridized carbons (Fsp3) is 0.625. The standard InChI is InChI=1S/C24H37N5O2/c1-4-11-24(3)12-6-14-29(18-24)23(25-5-2)27-16-19-7-9-20(10-8-19)22(31)28-15-13-26-21(30)17-28/h7-10H,4-6,11-18H2,1-3H3,(H,25,27)(H,26,30). The van der Waals surface area contributed by atoms with Gasteiger partial charge in [0.1, 0.15) is 0 Å². The van der Waals surface area contributed by atoms with Gasteiger partial charge in [0.05, 0.1) is 13.1 Å². The maximum atomic E-state index is 12.6. The SMILES string of the molecule is CCCC1(C)CCCN(C(=NCc2ccc(C(=O)N3CCNC(=O)C3)cc2)NCC)C1. The number of carbonyl (C=O) groups excluding carboxylic acids is 2. The number of piperidine rings is 1. The van der Waals surface area contributed by atoms with Crippen molar-refractivity contribution in [3.05, 3.63) is 35.4 Å². The molecule has 3 rings (SSSR count). The molecule has 0 saturated carbocycles. The Morgan fingerprint density at radius 1 is 1.19 bits per heavy atom. The van der Waals surface area contributed by atoms with Crippen LogP contribution >= 0.6 is 0 Å². The molecule has 7 nitrogen and oxygen atoms in total. The molecular weight excluding hydrogens is 390 g/mol. The topological polar surface area (TPSA) is 77.0 Å². The van der Waals surface area contributed by atoms with Gasteiger partial charge in [-0.05, 0) is 49.3 Å². The lowest BCUT2D eigenvalue weighted by Gasteiger charge is -2.42. The van der Waals surface area contributed by atoms with Gasteiger partial charge >= 0.3 is 0 Å². The van der Waals surface area contributed by atoms with E-state index < -0.39 is 0 Å². The molecule has 1 unspecified atom stereocenters. The normalized spacial score (nSPS) is 22.3. The predicted octanol–water partition coefficient (Wildman–Crippen LogP) is 2.63. The second-order valence-electron chi connectivity index (χ2n) is 9.03. The average molecular weight is 428 g/mol. The summed E-state index contributed by atoms with van der Waals surface area (Å²) in [5, 5.41) is 6.20. The lowest BCUT2D eigenvalue weighted by molar-refractivity contribution is -0.123. The predicted molar refractivity (Wildman–Crippen MR) is 124 cm³/mol. The molecule has 2 N–H and O–H groups in total. The van der Waals surface area contributed by atoms with Crippen molar-refractivity contribution < 1.29 is 9.59 Å². The third-order valence-electron chi connectivity index (χ3n) is 6.21. The minimum absolute atomic E-state index is 0.0956. The quantitative estimate of drug-likeness (QED) is 0.541. The van der Waals surface area contributed by atoms with Crippen LogP contribution in [0.15, 0.2) is 29.3 Å². The van der Waals surface area contributed by atoms with E-state index in [4.69, 9.17) is 4.99 Å². The molecule has 1 atom stereocenters. The van der Waals surface area contributed by atoms with Crippen LogP contribution in [-0.2, 0) is 11.3 Å². The second kappa shape index (κ2) is 10.6. The molecule has 2 heterocycles. The molecule has 31 heavy (non-hydrogen) atoms. The van der Waals surface area contributed by atoms with E-state index >= 15 is 0 Å². The Hall–Kier alpha value is -2.57. The molecule has 0 spiro atoms. The first-order chi connectivity index (χ1) is 14.9. The molecule has 2 fully saturated rings. The van der Waals surface area contributed by atoms with Crippen molar-refractivity contribution in [2.45, 2.75) is 53.0 Å². The van der Waals surface area contributed by atoms with Crippen molar-refractivity contribution in [2.75, 3.05) is 39.3 Å². The Morgan fingerprint density at radius 3 is 2.65 bits per heavy atom. The number of aliphatic imine (C=N–C) groups is 1. The lowest BCUT2D eigenvalue weighted by Crippen LogP contribution is -2.50. The minimum atomic E-state index is -0.103. The van der Waals surface area contributed by atoms with E-state index in [9.17, 15) is 9.59 Å². The molecule has 0 aromatic heterocycles. The van der Waals surface area contributed by atoms with Gasteiger partial charge in [0, 0.05) is 38.3 Å². The third kappa shape index (κ3) is 6.21. The van der Waals surface area contributed by atoms with Gasteiger partial charge in [-0.15, -0.1) is 0 Å². The summed E-state index contributed by atoms with van der Waals surface area (Å²) in [6.07, 6.45) is 4.94. The summed E-state index contributed by atoms with van der Waals surface area (Å²) in [5.41, 5.74) is 2.04. The average Bonchev–Trinajstić information content (AvgIpc) is 2.76. The van der Waals surface area contributed by atoms with Crippen molar-refractivity contribution in [2.24, 2.45) is 10.4 Å². The van der Waals surface area contributed by atoms with Crippen LogP contribution in [0.3, 0.4) is 0 Å². The Bertz CT molecular complexity index is 788. The highest BCUT2D eigenvalue weighted by Crippen LogP contribution is 2.34. The molecule has 7 heteroatoms. The number of carbonyl (C=O) groups is 2. The Morgan fingerprint density at radius 2 is 1.97 bits per heavy atom. The molecular formula is C24H37N5O2. The molecule has 2 aliphatic heterocycles. The Balaban J connectivity index is 1.64. The summed E-state index contributed by atoms with van der Waals surface area (Å²) in [4.78, 5) is 33.1. The molecule has 1 aromatic rings. The molecule has 2 amide bonds. The van der Waals surface area contributed by atoms with Crippen LogP contribution in [-0.4, -0.2) is 66.8 Å². The third-order valence-corrected chi connectivity index (χ3v) is 6.21. The van der Waals surface area contributed by atoms with E-state index in [1.807, 2.05) is 24.3 Å². The number of piperazine rings is 1. The number of nitrogens with zero attached hydrogens (tertiary/aromatic N) is 3. The number of benzene rings is 1. The number of guanidine groups is 1. The summed E-state index contributed by atoms with van der Waals surface area (Å²) in [6, 6.07) is 7.60. The first-order valence-corrected chi connectivity index (χ1v) is 11.6. The van der Waals surface area contributed by atoms with Gasteiger partial charge in [0.25, 0.3) is 5.91 Å². The fourth-order valence-corrected chi connectivity index (χ4v) is 4.64. The maximum Gasteiger partial charge on any atom is 0.254 e. The summed E-state index contributed by atoms with van der Waals surface area (Å²) in [5.74, 6) is 0.778. The highest BCUT2D eigenvalue weighted by Gasteiger charge is 2.31. The van der Waals surface area contributed by atoms with Crippen molar-refractivity contribution in [3.8, 4) is 0 Å². The van der Waals surface area contributed by atoms with E-state index in [2.05, 4.69) is 36.3 Å². The second-order valence-corrected chi connectivity index (χ2v) is 9.03. The van der Waals surface area contributed by atoms with Crippen molar-refractivity contribution in [3.63, 3.8) is 0 Å².